The zero-order valence-electron chi connectivity index (χ0n) is 14.9. The van der Waals surface area contributed by atoms with Crippen LogP contribution in [0.5, 0.6) is 11.5 Å². The van der Waals surface area contributed by atoms with Crippen molar-refractivity contribution in [3.63, 3.8) is 0 Å². The Bertz CT molecular complexity index is 788. The highest BCUT2D eigenvalue weighted by molar-refractivity contribution is 9.10. The van der Waals surface area contributed by atoms with E-state index in [0.717, 1.165) is 21.2 Å². The van der Waals surface area contributed by atoms with Crippen LogP contribution in [0.15, 0.2) is 40.9 Å². The molecule has 0 aliphatic rings. The van der Waals surface area contributed by atoms with Crippen LogP contribution in [0.4, 0.5) is 0 Å². The van der Waals surface area contributed by atoms with E-state index in [1.807, 2.05) is 51.1 Å². The molecular weight excluding hydrogens is 400 g/mol. The third-order valence-corrected chi connectivity index (χ3v) is 4.49. The van der Waals surface area contributed by atoms with Crippen LogP contribution in [0.25, 0.3) is 0 Å². The molecule has 0 unspecified atom stereocenters. The van der Waals surface area contributed by atoms with Crippen LogP contribution in [0.2, 0.25) is 0 Å². The minimum absolute atomic E-state index is 0.196. The van der Waals surface area contributed by atoms with Crippen molar-refractivity contribution in [3.8, 4) is 11.5 Å². The van der Waals surface area contributed by atoms with Gasteiger partial charge >= 0.3 is 0 Å². The third kappa shape index (κ3) is 5.77. The van der Waals surface area contributed by atoms with Crippen LogP contribution in [0.3, 0.4) is 0 Å². The van der Waals surface area contributed by atoms with Gasteiger partial charge in [0.1, 0.15) is 11.5 Å². The number of amides is 2. The SMILES string of the molecule is Cc1cc(OCC(=O)NNC(=O)COc2c(C)cccc2C)ccc1Br. The maximum absolute atomic E-state index is 11.8. The summed E-state index contributed by atoms with van der Waals surface area (Å²) in [5.41, 5.74) is 7.48. The van der Waals surface area contributed by atoms with Gasteiger partial charge in [-0.05, 0) is 55.7 Å². The standard InChI is InChI=1S/C19H21BrN2O4/c1-12-5-4-6-13(2)19(12)26-11-18(24)22-21-17(23)10-25-15-7-8-16(20)14(3)9-15/h4-9H,10-11H2,1-3H3,(H,21,23)(H,22,24). The smallest absolute Gasteiger partial charge is 0.276 e. The summed E-state index contributed by atoms with van der Waals surface area (Å²) in [7, 11) is 0. The minimum Gasteiger partial charge on any atom is -0.484 e. The lowest BCUT2D eigenvalue weighted by molar-refractivity contribution is -0.131. The predicted molar refractivity (Wildman–Crippen MR) is 102 cm³/mol. The van der Waals surface area contributed by atoms with E-state index >= 15 is 0 Å². The number of hydrogen-bond acceptors (Lipinski definition) is 4. The van der Waals surface area contributed by atoms with E-state index < -0.39 is 11.8 Å². The molecule has 138 valence electrons. The molecule has 0 aliphatic carbocycles. The molecule has 0 bridgehead atoms. The highest BCUT2D eigenvalue weighted by atomic mass is 79.9. The van der Waals surface area contributed by atoms with Gasteiger partial charge in [-0.15, -0.1) is 0 Å². The molecule has 0 atom stereocenters. The molecule has 7 heteroatoms. The summed E-state index contributed by atoms with van der Waals surface area (Å²) >= 11 is 3.40. The molecule has 0 fully saturated rings. The number of carbonyl (C=O) groups excluding carboxylic acids is 2. The average Bonchev–Trinajstić information content (AvgIpc) is 2.60. The number of benzene rings is 2. The number of hydrogen-bond donors (Lipinski definition) is 2. The molecule has 26 heavy (non-hydrogen) atoms. The minimum atomic E-state index is -0.467. The lowest BCUT2D eigenvalue weighted by Gasteiger charge is -2.12. The fourth-order valence-corrected chi connectivity index (χ4v) is 2.48. The molecular formula is C19H21BrN2O4. The first-order valence-corrected chi connectivity index (χ1v) is 8.81. The highest BCUT2D eigenvalue weighted by Gasteiger charge is 2.09. The van der Waals surface area contributed by atoms with Gasteiger partial charge in [-0.25, -0.2) is 0 Å². The highest BCUT2D eigenvalue weighted by Crippen LogP contribution is 2.22. The Labute approximate surface area is 161 Å². The quantitative estimate of drug-likeness (QED) is 0.704. The summed E-state index contributed by atoms with van der Waals surface area (Å²) in [6, 6.07) is 11.1. The lowest BCUT2D eigenvalue weighted by atomic mass is 10.1. The Kier molecular flexibility index (Phi) is 7.03. The molecule has 0 spiro atoms. The van der Waals surface area contributed by atoms with Crippen molar-refractivity contribution in [2.24, 2.45) is 0 Å². The van der Waals surface area contributed by atoms with Gasteiger partial charge in [0.2, 0.25) is 0 Å². The summed E-state index contributed by atoms with van der Waals surface area (Å²) in [5.74, 6) is 0.319. The normalized spacial score (nSPS) is 10.2. The summed E-state index contributed by atoms with van der Waals surface area (Å²) in [5, 5.41) is 0. The first-order valence-electron chi connectivity index (χ1n) is 8.02. The molecule has 0 saturated heterocycles. The number of para-hydroxylation sites is 1. The van der Waals surface area contributed by atoms with Crippen LogP contribution < -0.4 is 20.3 Å². The second-order valence-corrected chi connectivity index (χ2v) is 6.66. The summed E-state index contributed by atoms with van der Waals surface area (Å²) in [6.45, 7) is 5.33. The first-order chi connectivity index (χ1) is 12.4. The Morgan fingerprint density at radius 2 is 1.46 bits per heavy atom. The maximum atomic E-state index is 11.8. The maximum Gasteiger partial charge on any atom is 0.276 e. The van der Waals surface area contributed by atoms with Crippen LogP contribution in [-0.2, 0) is 9.59 Å². The van der Waals surface area contributed by atoms with Gasteiger partial charge in [-0.2, -0.15) is 0 Å². The molecule has 2 aromatic carbocycles. The topological polar surface area (TPSA) is 76.7 Å². The largest absolute Gasteiger partial charge is 0.484 e. The zero-order valence-corrected chi connectivity index (χ0v) is 16.5. The molecule has 0 saturated carbocycles. The van der Waals surface area contributed by atoms with Crippen LogP contribution in [0, 0.1) is 20.8 Å². The fraction of sp³-hybridized carbons (Fsp3) is 0.263. The van der Waals surface area contributed by atoms with Crippen molar-refractivity contribution in [2.75, 3.05) is 13.2 Å². The number of halogens is 1. The number of nitrogens with one attached hydrogen (secondary N) is 2. The van der Waals surface area contributed by atoms with Crippen molar-refractivity contribution in [1.29, 1.82) is 0 Å². The Balaban J connectivity index is 1.73. The van der Waals surface area contributed by atoms with E-state index in [1.165, 1.54) is 0 Å². The predicted octanol–water partition coefficient (Wildman–Crippen LogP) is 2.98. The van der Waals surface area contributed by atoms with E-state index in [4.69, 9.17) is 9.47 Å². The van der Waals surface area contributed by atoms with E-state index in [1.54, 1.807) is 6.07 Å². The van der Waals surface area contributed by atoms with Gasteiger partial charge in [0.05, 0.1) is 0 Å². The Morgan fingerprint density at radius 3 is 2.04 bits per heavy atom. The number of rotatable bonds is 6. The first kappa shape index (κ1) is 19.8. The second-order valence-electron chi connectivity index (χ2n) is 5.81. The number of aryl methyl sites for hydroxylation is 3. The molecule has 2 rings (SSSR count). The van der Waals surface area contributed by atoms with Gasteiger partial charge in [0.15, 0.2) is 13.2 Å². The van der Waals surface area contributed by atoms with Gasteiger partial charge in [0, 0.05) is 4.47 Å². The van der Waals surface area contributed by atoms with E-state index in [-0.39, 0.29) is 13.2 Å². The molecule has 2 N–H and O–H groups in total. The van der Waals surface area contributed by atoms with Crippen LogP contribution >= 0.6 is 15.9 Å². The van der Waals surface area contributed by atoms with Gasteiger partial charge < -0.3 is 9.47 Å². The number of carbonyl (C=O) groups is 2. The summed E-state index contributed by atoms with van der Waals surface area (Å²) < 4.78 is 11.9. The van der Waals surface area contributed by atoms with Crippen molar-refractivity contribution in [1.82, 2.24) is 10.9 Å². The van der Waals surface area contributed by atoms with E-state index in [9.17, 15) is 9.59 Å². The van der Waals surface area contributed by atoms with Crippen molar-refractivity contribution in [2.45, 2.75) is 20.8 Å². The molecule has 2 amide bonds. The van der Waals surface area contributed by atoms with Crippen molar-refractivity contribution in [3.05, 3.63) is 57.6 Å². The Hall–Kier alpha value is -2.54. The van der Waals surface area contributed by atoms with Crippen LogP contribution in [0.1, 0.15) is 16.7 Å². The van der Waals surface area contributed by atoms with E-state index in [0.29, 0.717) is 11.5 Å². The van der Waals surface area contributed by atoms with Gasteiger partial charge in [-0.1, -0.05) is 34.1 Å². The average molecular weight is 421 g/mol. The van der Waals surface area contributed by atoms with Crippen molar-refractivity contribution < 1.29 is 19.1 Å². The molecule has 2 aromatic rings. The third-order valence-electron chi connectivity index (χ3n) is 3.60. The van der Waals surface area contributed by atoms with Crippen molar-refractivity contribution >= 4 is 27.7 Å². The molecule has 0 heterocycles. The van der Waals surface area contributed by atoms with Crippen LogP contribution in [-0.4, -0.2) is 25.0 Å². The van der Waals surface area contributed by atoms with Gasteiger partial charge in [0.25, 0.3) is 11.8 Å². The molecule has 6 nitrogen and oxygen atoms in total. The van der Waals surface area contributed by atoms with E-state index in [2.05, 4.69) is 26.8 Å². The summed E-state index contributed by atoms with van der Waals surface area (Å²) in [6.07, 6.45) is 0. The Morgan fingerprint density at radius 1 is 0.885 bits per heavy atom. The molecule has 0 aromatic heterocycles. The zero-order chi connectivity index (χ0) is 19.1. The number of ether oxygens (including phenoxy) is 2. The fourth-order valence-electron chi connectivity index (χ4n) is 2.23. The monoisotopic (exact) mass is 420 g/mol. The van der Waals surface area contributed by atoms with Gasteiger partial charge in [-0.3, -0.25) is 20.4 Å². The second kappa shape index (κ2) is 9.24. The summed E-state index contributed by atoms with van der Waals surface area (Å²) in [4.78, 5) is 23.6. The molecule has 0 radical (unpaired) electrons. The molecule has 0 aliphatic heterocycles. The number of hydrazine groups is 1. The lowest BCUT2D eigenvalue weighted by Crippen LogP contribution is -2.45.